The van der Waals surface area contributed by atoms with E-state index in [0.717, 1.165) is 18.7 Å². The van der Waals surface area contributed by atoms with Crippen LogP contribution in [0.5, 0.6) is 0 Å². The minimum atomic E-state index is -0.452. The molecule has 0 amide bonds. The number of piperidine rings is 1. The monoisotopic (exact) mass is 333 g/mol. The molecular formula is C20H19N3O2. The van der Waals surface area contributed by atoms with Gasteiger partial charge in [-0.25, -0.2) is 0 Å². The second-order valence-electron chi connectivity index (χ2n) is 6.12. The minimum Gasteiger partial charge on any atom is -0.372 e. The largest absolute Gasteiger partial charge is 0.372 e. The fourth-order valence-electron chi connectivity index (χ4n) is 3.07. The maximum Gasteiger partial charge on any atom is 0.270 e. The molecule has 1 fully saturated rings. The summed E-state index contributed by atoms with van der Waals surface area (Å²) in [5.41, 5.74) is 3.06. The van der Waals surface area contributed by atoms with Crippen molar-refractivity contribution in [1.82, 2.24) is 0 Å². The number of anilines is 1. The predicted octanol–water partition coefficient (Wildman–Crippen LogP) is 4.65. The summed E-state index contributed by atoms with van der Waals surface area (Å²) in [7, 11) is 0. The van der Waals surface area contributed by atoms with Crippen molar-refractivity contribution in [3.63, 3.8) is 0 Å². The van der Waals surface area contributed by atoms with Gasteiger partial charge in [-0.2, -0.15) is 5.26 Å². The van der Waals surface area contributed by atoms with Gasteiger partial charge in [0.05, 0.1) is 16.6 Å². The first-order chi connectivity index (χ1) is 12.2. The van der Waals surface area contributed by atoms with Crippen molar-refractivity contribution in [2.45, 2.75) is 19.3 Å². The summed E-state index contributed by atoms with van der Waals surface area (Å²) in [6.45, 7) is 2.18. The fourth-order valence-corrected chi connectivity index (χ4v) is 3.07. The lowest BCUT2D eigenvalue weighted by molar-refractivity contribution is -0.384. The van der Waals surface area contributed by atoms with Crippen LogP contribution in [0, 0.1) is 21.4 Å². The molecule has 1 aliphatic rings. The smallest absolute Gasteiger partial charge is 0.270 e. The van der Waals surface area contributed by atoms with Gasteiger partial charge in [0.15, 0.2) is 0 Å². The average molecular weight is 333 g/mol. The Morgan fingerprint density at radius 3 is 2.48 bits per heavy atom. The molecule has 2 aromatic carbocycles. The maximum absolute atomic E-state index is 10.9. The zero-order valence-corrected chi connectivity index (χ0v) is 13.9. The molecule has 1 heterocycles. The summed E-state index contributed by atoms with van der Waals surface area (Å²) in [5.74, 6) is 0. The second-order valence-corrected chi connectivity index (χ2v) is 6.12. The van der Waals surface area contributed by atoms with Gasteiger partial charge in [0, 0.05) is 30.9 Å². The molecule has 0 saturated carbocycles. The highest BCUT2D eigenvalue weighted by Crippen LogP contribution is 2.24. The number of rotatable bonds is 4. The summed E-state index contributed by atoms with van der Waals surface area (Å²) >= 11 is 0. The molecule has 0 unspecified atom stereocenters. The number of nitriles is 1. The molecule has 126 valence electrons. The van der Waals surface area contributed by atoms with E-state index in [-0.39, 0.29) is 5.69 Å². The number of allylic oxidation sites excluding steroid dienone is 1. The van der Waals surface area contributed by atoms with E-state index in [2.05, 4.69) is 23.1 Å². The Morgan fingerprint density at radius 2 is 1.84 bits per heavy atom. The summed E-state index contributed by atoms with van der Waals surface area (Å²) in [4.78, 5) is 12.8. The minimum absolute atomic E-state index is 0.0147. The van der Waals surface area contributed by atoms with Crippen LogP contribution in [0.3, 0.4) is 0 Å². The molecule has 0 bridgehead atoms. The van der Waals surface area contributed by atoms with Crippen LogP contribution in [0.2, 0.25) is 0 Å². The van der Waals surface area contributed by atoms with Gasteiger partial charge in [-0.05, 0) is 48.6 Å². The van der Waals surface area contributed by atoms with Gasteiger partial charge in [-0.1, -0.05) is 24.3 Å². The van der Waals surface area contributed by atoms with Gasteiger partial charge >= 0.3 is 0 Å². The van der Waals surface area contributed by atoms with E-state index in [9.17, 15) is 15.4 Å². The van der Waals surface area contributed by atoms with E-state index in [1.54, 1.807) is 18.2 Å². The highest BCUT2D eigenvalue weighted by atomic mass is 16.6. The van der Waals surface area contributed by atoms with Crippen LogP contribution in [-0.4, -0.2) is 18.0 Å². The lowest BCUT2D eigenvalue weighted by atomic mass is 10.0. The normalized spacial score (nSPS) is 14.8. The van der Waals surface area contributed by atoms with Crippen LogP contribution in [0.15, 0.2) is 48.5 Å². The third-order valence-corrected chi connectivity index (χ3v) is 4.41. The molecule has 0 aromatic heterocycles. The van der Waals surface area contributed by atoms with Crippen molar-refractivity contribution >= 4 is 23.0 Å². The summed E-state index contributed by atoms with van der Waals surface area (Å²) < 4.78 is 0. The van der Waals surface area contributed by atoms with Gasteiger partial charge in [-0.3, -0.25) is 10.1 Å². The number of hydrogen-bond acceptors (Lipinski definition) is 4. The van der Waals surface area contributed by atoms with Crippen LogP contribution >= 0.6 is 0 Å². The topological polar surface area (TPSA) is 70.2 Å². The molecule has 0 radical (unpaired) electrons. The Morgan fingerprint density at radius 1 is 1.12 bits per heavy atom. The maximum atomic E-state index is 10.9. The van der Waals surface area contributed by atoms with Gasteiger partial charge in [0.25, 0.3) is 5.69 Å². The molecular weight excluding hydrogens is 314 g/mol. The molecule has 0 spiro atoms. The van der Waals surface area contributed by atoms with Gasteiger partial charge < -0.3 is 4.90 Å². The van der Waals surface area contributed by atoms with Gasteiger partial charge in [-0.15, -0.1) is 0 Å². The van der Waals surface area contributed by atoms with E-state index >= 15 is 0 Å². The zero-order chi connectivity index (χ0) is 17.6. The summed E-state index contributed by atoms with van der Waals surface area (Å²) in [6, 6.07) is 16.4. The lowest BCUT2D eigenvalue weighted by Gasteiger charge is -2.28. The van der Waals surface area contributed by atoms with Crippen molar-refractivity contribution in [3.05, 3.63) is 69.8 Å². The van der Waals surface area contributed by atoms with E-state index in [4.69, 9.17) is 0 Å². The van der Waals surface area contributed by atoms with E-state index in [1.807, 2.05) is 12.1 Å². The average Bonchev–Trinajstić information content (AvgIpc) is 2.67. The molecule has 0 atom stereocenters. The molecule has 1 aliphatic heterocycles. The molecule has 0 aliphatic carbocycles. The molecule has 5 heteroatoms. The van der Waals surface area contributed by atoms with E-state index in [1.165, 1.54) is 37.1 Å². The first kappa shape index (κ1) is 16.7. The predicted molar refractivity (Wildman–Crippen MR) is 99.1 cm³/mol. The highest BCUT2D eigenvalue weighted by molar-refractivity contribution is 5.90. The Balaban J connectivity index is 1.83. The zero-order valence-electron chi connectivity index (χ0n) is 13.9. The second kappa shape index (κ2) is 7.63. The van der Waals surface area contributed by atoms with Crippen molar-refractivity contribution in [3.8, 4) is 6.07 Å². The summed E-state index contributed by atoms with van der Waals surface area (Å²) in [6.07, 6.45) is 5.52. The molecule has 2 aromatic rings. The van der Waals surface area contributed by atoms with Crippen LogP contribution < -0.4 is 4.90 Å². The molecule has 0 N–H and O–H groups in total. The Bertz CT molecular complexity index is 829. The first-order valence-electron chi connectivity index (χ1n) is 8.39. The van der Waals surface area contributed by atoms with Crippen LogP contribution in [0.1, 0.15) is 30.4 Å². The number of nitro benzene ring substituents is 1. The highest BCUT2D eigenvalue weighted by Gasteiger charge is 2.11. The number of non-ortho nitro benzene ring substituents is 1. The van der Waals surface area contributed by atoms with E-state index in [0.29, 0.717) is 11.1 Å². The first-order valence-corrected chi connectivity index (χ1v) is 8.39. The molecule has 3 rings (SSSR count). The molecule has 1 saturated heterocycles. The Kier molecular flexibility index (Phi) is 5.10. The third kappa shape index (κ3) is 4.04. The van der Waals surface area contributed by atoms with Crippen LogP contribution in [0.25, 0.3) is 11.6 Å². The summed E-state index contributed by atoms with van der Waals surface area (Å²) in [5, 5.41) is 20.3. The SMILES string of the molecule is N#C/C(=C/c1ccc(N2CCCCC2)cc1)c1cccc([N+](=O)[O-])c1. The number of nitro groups is 1. The van der Waals surface area contributed by atoms with Crippen molar-refractivity contribution in [1.29, 1.82) is 5.26 Å². The number of nitrogens with zero attached hydrogens (tertiary/aromatic N) is 3. The quantitative estimate of drug-likeness (QED) is 0.353. The van der Waals surface area contributed by atoms with Crippen LogP contribution in [-0.2, 0) is 0 Å². The number of hydrogen-bond donors (Lipinski definition) is 0. The van der Waals surface area contributed by atoms with Gasteiger partial charge in [0.2, 0.25) is 0 Å². The van der Waals surface area contributed by atoms with Crippen molar-refractivity contribution < 1.29 is 4.92 Å². The van der Waals surface area contributed by atoms with Crippen LogP contribution in [0.4, 0.5) is 11.4 Å². The Hall–Kier alpha value is -3.13. The fraction of sp³-hybridized carbons (Fsp3) is 0.250. The van der Waals surface area contributed by atoms with E-state index < -0.39 is 4.92 Å². The third-order valence-electron chi connectivity index (χ3n) is 4.41. The molecule has 25 heavy (non-hydrogen) atoms. The number of benzene rings is 2. The van der Waals surface area contributed by atoms with Gasteiger partial charge in [0.1, 0.15) is 0 Å². The molecule has 5 nitrogen and oxygen atoms in total. The lowest BCUT2D eigenvalue weighted by Crippen LogP contribution is -2.29. The standard InChI is InChI=1S/C20H19N3O2/c21-15-18(17-5-4-6-20(14-17)23(24)25)13-16-7-9-19(10-8-16)22-11-2-1-3-12-22/h4-10,13-14H,1-3,11-12H2/b18-13-. The Labute approximate surface area is 147 Å². The van der Waals surface area contributed by atoms with Crippen molar-refractivity contribution in [2.75, 3.05) is 18.0 Å². The van der Waals surface area contributed by atoms with Crippen molar-refractivity contribution in [2.24, 2.45) is 0 Å².